The number of hydrogen-bond donors (Lipinski definition) is 1. The van der Waals surface area contributed by atoms with Crippen molar-refractivity contribution in [2.75, 3.05) is 26.4 Å². The minimum absolute atomic E-state index is 0.00213. The number of carbonyl (C=O) groups excluding carboxylic acids is 5. The molecule has 1 N–H and O–H groups in total. The van der Waals surface area contributed by atoms with Gasteiger partial charge >= 0.3 is 12.1 Å². The Hall–Kier alpha value is -4.19. The highest BCUT2D eigenvalue weighted by molar-refractivity contribution is 6.04. The molecule has 0 unspecified atom stereocenters. The summed E-state index contributed by atoms with van der Waals surface area (Å²) in [5.74, 6) is -3.86. The molecule has 0 saturated carbocycles. The minimum atomic E-state index is -1.54. The quantitative estimate of drug-likeness (QED) is 0.152. The van der Waals surface area contributed by atoms with Crippen LogP contribution in [-0.2, 0) is 51.2 Å². The van der Waals surface area contributed by atoms with Crippen LogP contribution in [0.4, 0.5) is 4.79 Å². The number of nitrogens with zero attached hydrogens (tertiary/aromatic N) is 1. The highest BCUT2D eigenvalue weighted by atomic mass is 16.6. The number of aliphatic hydroxyl groups excluding tert-OH is 1. The van der Waals surface area contributed by atoms with Crippen molar-refractivity contribution in [3.8, 4) is 0 Å². The Morgan fingerprint density at radius 3 is 2.32 bits per heavy atom. The highest BCUT2D eigenvalue weighted by Gasteiger charge is 2.43. The van der Waals surface area contributed by atoms with E-state index in [1.807, 2.05) is 60.7 Å². The van der Waals surface area contributed by atoms with Crippen molar-refractivity contribution in [2.24, 2.45) is 5.92 Å². The van der Waals surface area contributed by atoms with Crippen LogP contribution in [0, 0.1) is 5.92 Å². The lowest BCUT2D eigenvalue weighted by molar-refractivity contribution is -0.158. The maximum atomic E-state index is 13.4. The zero-order chi connectivity index (χ0) is 31.9. The first-order valence-electron chi connectivity index (χ1n) is 14.5. The molecule has 3 rings (SSSR count). The van der Waals surface area contributed by atoms with Gasteiger partial charge in [0.05, 0.1) is 31.8 Å². The normalized spacial score (nSPS) is 16.8. The average molecular weight is 610 g/mol. The van der Waals surface area contributed by atoms with Crippen molar-refractivity contribution in [3.05, 3.63) is 83.9 Å². The van der Waals surface area contributed by atoms with E-state index in [1.54, 1.807) is 0 Å². The van der Waals surface area contributed by atoms with Crippen molar-refractivity contribution in [2.45, 2.75) is 58.0 Å². The summed E-state index contributed by atoms with van der Waals surface area (Å²) in [7, 11) is 0. The molecule has 4 atom stereocenters. The van der Waals surface area contributed by atoms with Crippen LogP contribution in [0.2, 0.25) is 0 Å². The Morgan fingerprint density at radius 2 is 1.68 bits per heavy atom. The molecule has 2 aromatic rings. The number of esters is 1. The first-order valence-corrected chi connectivity index (χ1v) is 14.5. The largest absolute Gasteiger partial charge is 0.453 e. The molecule has 11 nitrogen and oxygen atoms in total. The summed E-state index contributed by atoms with van der Waals surface area (Å²) >= 11 is 0. The van der Waals surface area contributed by atoms with Crippen LogP contribution in [0.15, 0.2) is 72.8 Å². The first-order chi connectivity index (χ1) is 21.2. The van der Waals surface area contributed by atoms with Crippen molar-refractivity contribution in [1.29, 1.82) is 0 Å². The molecule has 2 amide bonds. The third kappa shape index (κ3) is 10.8. The van der Waals surface area contributed by atoms with Gasteiger partial charge in [-0.05, 0) is 43.0 Å². The summed E-state index contributed by atoms with van der Waals surface area (Å²) in [5.41, 5.74) is 1.86. The van der Waals surface area contributed by atoms with Gasteiger partial charge in [-0.3, -0.25) is 19.2 Å². The Labute approximate surface area is 256 Å². The molecule has 11 heteroatoms. The number of ether oxygens (including phenoxy) is 4. The number of carbonyl (C=O) groups is 5. The predicted octanol–water partition coefficient (Wildman–Crippen LogP) is 3.21. The monoisotopic (exact) mass is 609 g/mol. The smallest absolute Gasteiger partial charge is 0.416 e. The lowest BCUT2D eigenvalue weighted by Crippen LogP contribution is -2.48. The second kappa shape index (κ2) is 17.8. The molecule has 1 aliphatic heterocycles. The standard InChI is InChI=1S/C33H39NO10/c1-23(32(39)34-27(21-43-33(34)40)18-25-10-5-3-6-11-25)31(44-24(2)36)30(38)16-15-28(37)14-9-17-41-22-29(19-35)42-20-26-12-7-4-8-13-26/h3-8,10-13,15-16,23,27,29,31,35H,9,14,17-22H2,1-2H3/t23-,27-,29-,31-/m1/s1. The van der Waals surface area contributed by atoms with Gasteiger partial charge in [-0.25, -0.2) is 9.69 Å². The van der Waals surface area contributed by atoms with Crippen LogP contribution in [0.25, 0.3) is 0 Å². The second-order valence-corrected chi connectivity index (χ2v) is 10.4. The molecule has 1 saturated heterocycles. The van der Waals surface area contributed by atoms with Gasteiger partial charge in [0.15, 0.2) is 17.7 Å². The Kier molecular flexibility index (Phi) is 13.9. The van der Waals surface area contributed by atoms with Gasteiger partial charge in [0.1, 0.15) is 12.7 Å². The minimum Gasteiger partial charge on any atom is -0.453 e. The number of ketones is 2. The third-order valence-electron chi connectivity index (χ3n) is 6.91. The summed E-state index contributed by atoms with van der Waals surface area (Å²) in [5, 5.41) is 9.51. The summed E-state index contributed by atoms with van der Waals surface area (Å²) in [6, 6.07) is 18.2. The molecule has 1 fully saturated rings. The van der Waals surface area contributed by atoms with Crippen LogP contribution < -0.4 is 0 Å². The molecule has 0 radical (unpaired) electrons. The van der Waals surface area contributed by atoms with Gasteiger partial charge in [-0.2, -0.15) is 0 Å². The summed E-state index contributed by atoms with van der Waals surface area (Å²) in [4.78, 5) is 63.9. The first kappa shape index (κ1) is 34.3. The lowest BCUT2D eigenvalue weighted by atomic mass is 9.97. The molecule has 0 aromatic heterocycles. The van der Waals surface area contributed by atoms with Crippen LogP contribution in [0.3, 0.4) is 0 Å². The zero-order valence-corrected chi connectivity index (χ0v) is 25.0. The fourth-order valence-corrected chi connectivity index (χ4v) is 4.56. The maximum Gasteiger partial charge on any atom is 0.416 e. The molecule has 1 heterocycles. The van der Waals surface area contributed by atoms with E-state index in [0.29, 0.717) is 19.4 Å². The number of hydrogen-bond acceptors (Lipinski definition) is 10. The highest BCUT2D eigenvalue weighted by Crippen LogP contribution is 2.23. The van der Waals surface area contributed by atoms with Gasteiger partial charge in [0, 0.05) is 20.0 Å². The fraction of sp³-hybridized carbons (Fsp3) is 0.424. The summed E-state index contributed by atoms with van der Waals surface area (Å²) in [6.45, 7) is 2.99. The van der Waals surface area contributed by atoms with Crippen molar-refractivity contribution < 1.29 is 48.0 Å². The third-order valence-corrected chi connectivity index (χ3v) is 6.91. The van der Waals surface area contributed by atoms with E-state index in [2.05, 4.69) is 0 Å². The summed E-state index contributed by atoms with van der Waals surface area (Å²) < 4.78 is 21.5. The SMILES string of the molecule is CC(=O)O[C@@H](C(=O)C=CC(=O)CCCOC[C@@H](CO)OCc1ccccc1)[C@@H](C)C(=O)N1C(=O)OC[C@H]1Cc1ccccc1. The van der Waals surface area contributed by atoms with Crippen LogP contribution in [0.1, 0.15) is 37.8 Å². The molecular weight excluding hydrogens is 570 g/mol. The van der Waals surface area contributed by atoms with Crippen LogP contribution in [0.5, 0.6) is 0 Å². The Balaban J connectivity index is 1.48. The number of cyclic esters (lactones) is 1. The number of aliphatic hydroxyl groups is 1. The van der Waals surface area contributed by atoms with Gasteiger partial charge in [-0.1, -0.05) is 60.7 Å². The average Bonchev–Trinajstić information content (AvgIpc) is 3.39. The van der Waals surface area contributed by atoms with E-state index >= 15 is 0 Å². The van der Waals surface area contributed by atoms with Crippen molar-refractivity contribution in [3.63, 3.8) is 0 Å². The van der Waals surface area contributed by atoms with Crippen LogP contribution >= 0.6 is 0 Å². The van der Waals surface area contributed by atoms with Crippen LogP contribution in [-0.4, -0.2) is 84.2 Å². The topological polar surface area (TPSA) is 146 Å². The maximum absolute atomic E-state index is 13.4. The molecule has 0 bridgehead atoms. The molecule has 0 spiro atoms. The molecule has 2 aromatic carbocycles. The zero-order valence-electron chi connectivity index (χ0n) is 25.0. The van der Waals surface area contributed by atoms with Gasteiger partial charge < -0.3 is 24.1 Å². The van der Waals surface area contributed by atoms with E-state index in [0.717, 1.165) is 35.1 Å². The van der Waals surface area contributed by atoms with Gasteiger partial charge in [0.25, 0.3) is 0 Å². The molecular formula is C33H39NO10. The number of imide groups is 1. The van der Waals surface area contributed by atoms with E-state index < -0.39 is 47.9 Å². The number of benzene rings is 2. The fourth-order valence-electron chi connectivity index (χ4n) is 4.56. The van der Waals surface area contributed by atoms with E-state index in [4.69, 9.17) is 18.9 Å². The molecule has 0 aliphatic carbocycles. The molecule has 44 heavy (non-hydrogen) atoms. The van der Waals surface area contributed by atoms with E-state index in [-0.39, 0.29) is 38.6 Å². The van der Waals surface area contributed by atoms with Gasteiger partial charge in [0.2, 0.25) is 5.91 Å². The van der Waals surface area contributed by atoms with E-state index in [1.165, 1.54) is 6.92 Å². The predicted molar refractivity (Wildman–Crippen MR) is 158 cm³/mol. The van der Waals surface area contributed by atoms with Crippen molar-refractivity contribution >= 4 is 29.5 Å². The van der Waals surface area contributed by atoms with Gasteiger partial charge in [-0.15, -0.1) is 0 Å². The number of allylic oxidation sites excluding steroid dienone is 1. The second-order valence-electron chi connectivity index (χ2n) is 10.4. The molecule has 1 aliphatic rings. The number of amides is 2. The molecule has 236 valence electrons. The number of rotatable bonds is 18. The Morgan fingerprint density at radius 1 is 1.02 bits per heavy atom. The van der Waals surface area contributed by atoms with E-state index in [9.17, 15) is 29.1 Å². The van der Waals surface area contributed by atoms with Crippen molar-refractivity contribution in [1.82, 2.24) is 4.90 Å². The lowest BCUT2D eigenvalue weighted by Gasteiger charge is -2.26. The summed E-state index contributed by atoms with van der Waals surface area (Å²) in [6.07, 6.45) is -0.0509. The Bertz CT molecular complexity index is 1280.